The third-order valence-electron chi connectivity index (χ3n) is 3.97. The first-order valence-corrected chi connectivity index (χ1v) is 7.82. The van der Waals surface area contributed by atoms with Gasteiger partial charge in [0.05, 0.1) is 0 Å². The molecule has 0 fully saturated rings. The van der Waals surface area contributed by atoms with Gasteiger partial charge in [0.15, 0.2) is 11.5 Å². The Morgan fingerprint density at radius 1 is 1.08 bits per heavy atom. The van der Waals surface area contributed by atoms with Gasteiger partial charge in [-0.1, -0.05) is 42.0 Å². The summed E-state index contributed by atoms with van der Waals surface area (Å²) in [6.07, 6.45) is 2.28. The van der Waals surface area contributed by atoms with Crippen molar-refractivity contribution in [3.8, 4) is 28.4 Å². The van der Waals surface area contributed by atoms with Gasteiger partial charge in [0.2, 0.25) is 0 Å². The molecule has 1 aromatic heterocycles. The molecule has 0 radical (unpaired) electrons. The normalized spacial score (nSPS) is 10.8. The number of aromatic hydroxyl groups is 3. The van der Waals surface area contributed by atoms with Crippen molar-refractivity contribution >= 4 is 11.0 Å². The van der Waals surface area contributed by atoms with Crippen LogP contribution in [0.2, 0.25) is 0 Å². The number of hydrogen-bond acceptors (Lipinski definition) is 5. The van der Waals surface area contributed by atoms with E-state index in [0.717, 1.165) is 5.57 Å². The number of benzene rings is 2. The molecule has 0 spiro atoms. The number of rotatable bonds is 3. The number of phenolic OH excluding ortho intramolecular Hbond substituents is 2. The van der Waals surface area contributed by atoms with Gasteiger partial charge in [0.1, 0.15) is 22.3 Å². The summed E-state index contributed by atoms with van der Waals surface area (Å²) in [6.45, 7) is 3.84. The summed E-state index contributed by atoms with van der Waals surface area (Å²) in [6, 6.07) is 9.87. The number of hydrogen-bond donors (Lipinski definition) is 3. The maximum Gasteiger partial charge on any atom is 0.347 e. The van der Waals surface area contributed by atoms with Gasteiger partial charge in [-0.15, -0.1) is 0 Å². The third-order valence-corrected chi connectivity index (χ3v) is 3.97. The molecule has 0 atom stereocenters. The van der Waals surface area contributed by atoms with Crippen molar-refractivity contribution in [2.75, 3.05) is 0 Å². The van der Waals surface area contributed by atoms with Crippen LogP contribution in [0.4, 0.5) is 0 Å². The van der Waals surface area contributed by atoms with Crippen LogP contribution in [-0.2, 0) is 6.42 Å². The molecule has 0 aliphatic heterocycles. The van der Waals surface area contributed by atoms with Crippen LogP contribution in [0.5, 0.6) is 17.2 Å². The highest BCUT2D eigenvalue weighted by Crippen LogP contribution is 2.43. The lowest BCUT2D eigenvalue weighted by atomic mass is 10.0. The predicted molar refractivity (Wildman–Crippen MR) is 96.0 cm³/mol. The second kappa shape index (κ2) is 6.36. The van der Waals surface area contributed by atoms with Crippen LogP contribution >= 0.6 is 0 Å². The highest BCUT2D eigenvalue weighted by atomic mass is 16.4. The van der Waals surface area contributed by atoms with Gasteiger partial charge in [-0.05, 0) is 31.9 Å². The monoisotopic (exact) mass is 338 g/mol. The van der Waals surface area contributed by atoms with E-state index in [4.69, 9.17) is 4.42 Å². The Morgan fingerprint density at radius 3 is 2.40 bits per heavy atom. The minimum atomic E-state index is -0.709. The van der Waals surface area contributed by atoms with Crippen LogP contribution in [0, 0.1) is 0 Å². The molecule has 0 unspecified atom stereocenters. The molecular formula is C20H18O5. The summed E-state index contributed by atoms with van der Waals surface area (Å²) in [4.78, 5) is 12.5. The van der Waals surface area contributed by atoms with Crippen LogP contribution in [0.1, 0.15) is 19.4 Å². The summed E-state index contributed by atoms with van der Waals surface area (Å²) in [5, 5.41) is 30.8. The van der Waals surface area contributed by atoms with Gasteiger partial charge >= 0.3 is 5.63 Å². The van der Waals surface area contributed by atoms with E-state index in [1.807, 2.05) is 19.9 Å². The highest BCUT2D eigenvalue weighted by Gasteiger charge is 2.22. The molecule has 0 aliphatic rings. The number of allylic oxidation sites excluding steroid dienone is 2. The average Bonchev–Trinajstić information content (AvgIpc) is 2.57. The van der Waals surface area contributed by atoms with E-state index in [1.54, 1.807) is 30.3 Å². The van der Waals surface area contributed by atoms with Gasteiger partial charge < -0.3 is 19.7 Å². The van der Waals surface area contributed by atoms with Crippen molar-refractivity contribution < 1.29 is 19.7 Å². The van der Waals surface area contributed by atoms with E-state index in [0.29, 0.717) is 17.5 Å². The number of phenols is 2. The number of fused-ring (bicyclic) bond motifs is 1. The molecule has 1 heterocycles. The standard InChI is InChI=1S/C20H18O5/c1-11(2)8-9-13-10-14(21)17(22)16-18(23)15(20(24)25-19(13)16)12-6-4-3-5-7-12/h3-8,10,21-23H,9H2,1-2H3. The SMILES string of the molecule is CC(C)=CCc1cc(O)c(O)c2c(O)c(-c3ccccc3)c(=O)oc12. The molecule has 0 saturated carbocycles. The van der Waals surface area contributed by atoms with Gasteiger partial charge in [-0.3, -0.25) is 0 Å². The topological polar surface area (TPSA) is 90.9 Å². The second-order valence-corrected chi connectivity index (χ2v) is 6.07. The average molecular weight is 338 g/mol. The van der Waals surface area contributed by atoms with Crippen LogP contribution in [-0.4, -0.2) is 15.3 Å². The first-order chi connectivity index (χ1) is 11.9. The summed E-state index contributed by atoms with van der Waals surface area (Å²) in [7, 11) is 0. The van der Waals surface area contributed by atoms with Crippen molar-refractivity contribution in [1.29, 1.82) is 0 Å². The minimum Gasteiger partial charge on any atom is -0.506 e. The Hall–Kier alpha value is -3.21. The fourth-order valence-corrected chi connectivity index (χ4v) is 2.72. The Labute approximate surface area is 144 Å². The Morgan fingerprint density at radius 2 is 1.76 bits per heavy atom. The van der Waals surface area contributed by atoms with Crippen LogP contribution < -0.4 is 5.63 Å². The molecule has 0 amide bonds. The fraction of sp³-hybridized carbons (Fsp3) is 0.150. The molecule has 25 heavy (non-hydrogen) atoms. The first kappa shape index (κ1) is 16.6. The maximum absolute atomic E-state index is 12.5. The summed E-state index contributed by atoms with van der Waals surface area (Å²) < 4.78 is 5.41. The Balaban J connectivity index is 2.38. The van der Waals surface area contributed by atoms with E-state index in [-0.39, 0.29) is 22.3 Å². The first-order valence-electron chi connectivity index (χ1n) is 7.82. The summed E-state index contributed by atoms with van der Waals surface area (Å²) >= 11 is 0. The molecule has 3 rings (SSSR count). The van der Waals surface area contributed by atoms with E-state index in [2.05, 4.69) is 0 Å². The molecule has 0 bridgehead atoms. The van der Waals surface area contributed by atoms with Crippen LogP contribution in [0.15, 0.2) is 57.3 Å². The summed E-state index contributed by atoms with van der Waals surface area (Å²) in [5.74, 6) is -1.31. The zero-order valence-electron chi connectivity index (χ0n) is 13.9. The van der Waals surface area contributed by atoms with E-state index < -0.39 is 17.1 Å². The van der Waals surface area contributed by atoms with Crippen molar-refractivity contribution in [2.45, 2.75) is 20.3 Å². The molecule has 5 heteroatoms. The van der Waals surface area contributed by atoms with Crippen molar-refractivity contribution in [1.82, 2.24) is 0 Å². The third kappa shape index (κ3) is 2.96. The van der Waals surface area contributed by atoms with Gasteiger partial charge in [-0.25, -0.2) is 4.79 Å². The highest BCUT2D eigenvalue weighted by molar-refractivity contribution is 5.98. The zero-order chi connectivity index (χ0) is 18.1. The molecule has 5 nitrogen and oxygen atoms in total. The molecule has 128 valence electrons. The van der Waals surface area contributed by atoms with Crippen molar-refractivity contribution in [2.24, 2.45) is 0 Å². The van der Waals surface area contributed by atoms with Crippen LogP contribution in [0.25, 0.3) is 22.1 Å². The largest absolute Gasteiger partial charge is 0.506 e. The molecule has 0 saturated heterocycles. The smallest absolute Gasteiger partial charge is 0.347 e. The fourth-order valence-electron chi connectivity index (χ4n) is 2.72. The Bertz CT molecular complexity index is 1030. The lowest BCUT2D eigenvalue weighted by Crippen LogP contribution is -2.05. The second-order valence-electron chi connectivity index (χ2n) is 6.07. The quantitative estimate of drug-likeness (QED) is 0.380. The van der Waals surface area contributed by atoms with Gasteiger partial charge in [0.25, 0.3) is 0 Å². The molecule has 2 aromatic carbocycles. The Kier molecular flexibility index (Phi) is 4.23. The predicted octanol–water partition coefficient (Wildman–Crippen LogP) is 4.09. The van der Waals surface area contributed by atoms with E-state index in [9.17, 15) is 20.1 Å². The maximum atomic E-state index is 12.5. The van der Waals surface area contributed by atoms with Crippen molar-refractivity contribution in [3.63, 3.8) is 0 Å². The minimum absolute atomic E-state index is 0.0536. The lowest BCUT2D eigenvalue weighted by molar-refractivity contribution is 0.402. The molecule has 3 aromatic rings. The lowest BCUT2D eigenvalue weighted by Gasteiger charge is -2.12. The van der Waals surface area contributed by atoms with E-state index >= 15 is 0 Å². The van der Waals surface area contributed by atoms with E-state index in [1.165, 1.54) is 6.07 Å². The van der Waals surface area contributed by atoms with Crippen molar-refractivity contribution in [3.05, 3.63) is 64.0 Å². The van der Waals surface area contributed by atoms with Gasteiger partial charge in [-0.2, -0.15) is 0 Å². The van der Waals surface area contributed by atoms with Crippen LogP contribution in [0.3, 0.4) is 0 Å². The molecule has 3 N–H and O–H groups in total. The zero-order valence-corrected chi connectivity index (χ0v) is 13.9. The summed E-state index contributed by atoms with van der Waals surface area (Å²) in [5.41, 5.74) is 1.31. The molecule has 0 aliphatic carbocycles. The van der Waals surface area contributed by atoms with Gasteiger partial charge in [0, 0.05) is 5.56 Å². The molecular weight excluding hydrogens is 320 g/mol.